The van der Waals surface area contributed by atoms with Crippen molar-refractivity contribution in [2.75, 3.05) is 0 Å². The summed E-state index contributed by atoms with van der Waals surface area (Å²) >= 11 is 0. The number of carbonyl (C=O) groups excluding carboxylic acids is 1. The van der Waals surface area contributed by atoms with E-state index in [1.807, 2.05) is 6.92 Å². The first-order valence-electron chi connectivity index (χ1n) is 5.95. The normalized spacial score (nSPS) is 11.8. The number of hydrogen-bond donors (Lipinski definition) is 1. The molecule has 1 aromatic carbocycles. The number of benzene rings is 1. The summed E-state index contributed by atoms with van der Waals surface area (Å²) in [6.07, 6.45) is 5.88. The molecule has 1 heterocycles. The average molecular weight is 255 g/mol. The Morgan fingerprint density at radius 1 is 1.47 bits per heavy atom. The zero-order valence-electron chi connectivity index (χ0n) is 10.5. The Balaban J connectivity index is 2.39. The molecule has 1 unspecified atom stereocenters. The molecule has 1 aromatic heterocycles. The summed E-state index contributed by atoms with van der Waals surface area (Å²) in [7, 11) is 0. The SMILES string of the molecule is C#CC(CC)NC(=O)c1cc(=O)c2ccccc2o1. The molecule has 4 nitrogen and oxygen atoms in total. The summed E-state index contributed by atoms with van der Waals surface area (Å²) < 4.78 is 5.41. The molecule has 1 amide bonds. The Morgan fingerprint density at radius 3 is 2.89 bits per heavy atom. The van der Waals surface area contributed by atoms with Crippen molar-refractivity contribution in [2.45, 2.75) is 19.4 Å². The molecule has 2 aromatic rings. The maximum Gasteiger partial charge on any atom is 0.288 e. The van der Waals surface area contributed by atoms with Crippen molar-refractivity contribution in [1.29, 1.82) is 0 Å². The summed E-state index contributed by atoms with van der Waals surface area (Å²) in [6, 6.07) is 7.59. The zero-order valence-corrected chi connectivity index (χ0v) is 10.5. The van der Waals surface area contributed by atoms with Gasteiger partial charge in [-0.2, -0.15) is 0 Å². The number of carbonyl (C=O) groups is 1. The molecule has 2 rings (SSSR count). The standard InChI is InChI=1S/C15H13NO3/c1-3-10(4-2)16-15(18)14-9-12(17)11-7-5-6-8-13(11)19-14/h1,5-10H,4H2,2H3,(H,16,18). The Labute approximate surface area is 110 Å². The molecule has 1 atom stereocenters. The van der Waals surface area contributed by atoms with E-state index in [1.165, 1.54) is 6.07 Å². The largest absolute Gasteiger partial charge is 0.451 e. The number of rotatable bonds is 3. The second kappa shape index (κ2) is 5.40. The van der Waals surface area contributed by atoms with E-state index in [0.29, 0.717) is 17.4 Å². The maximum atomic E-state index is 11.9. The Bertz CT molecular complexity index is 709. The molecule has 0 radical (unpaired) electrons. The highest BCUT2D eigenvalue weighted by Crippen LogP contribution is 2.11. The molecule has 0 saturated carbocycles. The molecular weight excluding hydrogens is 242 g/mol. The lowest BCUT2D eigenvalue weighted by Crippen LogP contribution is -2.33. The topological polar surface area (TPSA) is 59.3 Å². The highest BCUT2D eigenvalue weighted by Gasteiger charge is 2.14. The second-order valence-corrected chi connectivity index (χ2v) is 4.07. The van der Waals surface area contributed by atoms with E-state index in [-0.39, 0.29) is 17.2 Å². The summed E-state index contributed by atoms with van der Waals surface area (Å²) in [5, 5.41) is 3.06. The minimum Gasteiger partial charge on any atom is -0.451 e. The molecule has 0 bridgehead atoms. The van der Waals surface area contributed by atoms with Gasteiger partial charge < -0.3 is 9.73 Å². The highest BCUT2D eigenvalue weighted by molar-refractivity contribution is 5.93. The van der Waals surface area contributed by atoms with Crippen LogP contribution in [0.2, 0.25) is 0 Å². The predicted octanol–water partition coefficient (Wildman–Crippen LogP) is 1.93. The molecule has 0 aliphatic rings. The molecular formula is C15H13NO3. The third kappa shape index (κ3) is 2.66. The van der Waals surface area contributed by atoms with Crippen LogP contribution in [0.25, 0.3) is 11.0 Å². The Hall–Kier alpha value is -2.54. The van der Waals surface area contributed by atoms with Gasteiger partial charge in [-0.15, -0.1) is 6.42 Å². The molecule has 0 saturated heterocycles. The lowest BCUT2D eigenvalue weighted by molar-refractivity contribution is 0.0917. The third-order valence-electron chi connectivity index (χ3n) is 2.77. The van der Waals surface area contributed by atoms with Crippen molar-refractivity contribution in [2.24, 2.45) is 0 Å². The number of para-hydroxylation sites is 1. The van der Waals surface area contributed by atoms with E-state index in [4.69, 9.17) is 10.8 Å². The Morgan fingerprint density at radius 2 is 2.21 bits per heavy atom. The molecule has 19 heavy (non-hydrogen) atoms. The van der Waals surface area contributed by atoms with Crippen LogP contribution in [0.15, 0.2) is 39.5 Å². The first kappa shape index (κ1) is 12.9. The van der Waals surface area contributed by atoms with Crippen LogP contribution >= 0.6 is 0 Å². The second-order valence-electron chi connectivity index (χ2n) is 4.07. The molecule has 96 valence electrons. The van der Waals surface area contributed by atoms with Crippen molar-refractivity contribution in [3.05, 3.63) is 46.3 Å². The fourth-order valence-corrected chi connectivity index (χ4v) is 1.71. The monoisotopic (exact) mass is 255 g/mol. The molecule has 4 heteroatoms. The van der Waals surface area contributed by atoms with Gasteiger partial charge in [0.15, 0.2) is 11.2 Å². The first-order chi connectivity index (χ1) is 9.15. The van der Waals surface area contributed by atoms with E-state index in [1.54, 1.807) is 24.3 Å². The van der Waals surface area contributed by atoms with Gasteiger partial charge in [0.1, 0.15) is 5.58 Å². The lowest BCUT2D eigenvalue weighted by atomic mass is 10.2. The average Bonchev–Trinajstić information content (AvgIpc) is 2.44. The van der Waals surface area contributed by atoms with Gasteiger partial charge in [0.25, 0.3) is 5.91 Å². The smallest absolute Gasteiger partial charge is 0.288 e. The Kier molecular flexibility index (Phi) is 3.67. The van der Waals surface area contributed by atoms with Crippen LogP contribution in [0.5, 0.6) is 0 Å². The van der Waals surface area contributed by atoms with Crippen LogP contribution in [0, 0.1) is 12.3 Å². The van der Waals surface area contributed by atoms with Crippen LogP contribution in [-0.4, -0.2) is 11.9 Å². The first-order valence-corrected chi connectivity index (χ1v) is 5.95. The van der Waals surface area contributed by atoms with E-state index >= 15 is 0 Å². The fourth-order valence-electron chi connectivity index (χ4n) is 1.71. The molecule has 1 N–H and O–H groups in total. The van der Waals surface area contributed by atoms with Gasteiger partial charge in [0, 0.05) is 6.07 Å². The van der Waals surface area contributed by atoms with Crippen LogP contribution in [0.1, 0.15) is 23.9 Å². The van der Waals surface area contributed by atoms with Crippen LogP contribution in [0.3, 0.4) is 0 Å². The van der Waals surface area contributed by atoms with Gasteiger partial charge in [0.05, 0.1) is 11.4 Å². The number of hydrogen-bond acceptors (Lipinski definition) is 3. The molecule has 0 aliphatic heterocycles. The van der Waals surface area contributed by atoms with Gasteiger partial charge in [-0.05, 0) is 18.6 Å². The van der Waals surface area contributed by atoms with E-state index in [0.717, 1.165) is 0 Å². The summed E-state index contributed by atoms with van der Waals surface area (Å²) in [5.74, 6) is 1.94. The number of nitrogens with one attached hydrogen (secondary N) is 1. The minimum absolute atomic E-state index is 0.0302. The van der Waals surface area contributed by atoms with E-state index in [2.05, 4.69) is 11.2 Å². The number of fused-ring (bicyclic) bond motifs is 1. The molecule has 0 fully saturated rings. The quantitative estimate of drug-likeness (QED) is 0.852. The van der Waals surface area contributed by atoms with E-state index in [9.17, 15) is 9.59 Å². The van der Waals surface area contributed by atoms with Gasteiger partial charge in [0.2, 0.25) is 0 Å². The van der Waals surface area contributed by atoms with E-state index < -0.39 is 5.91 Å². The third-order valence-corrected chi connectivity index (χ3v) is 2.77. The lowest BCUT2D eigenvalue weighted by Gasteiger charge is -2.10. The minimum atomic E-state index is -0.479. The number of terminal acetylenes is 1. The summed E-state index contributed by atoms with van der Waals surface area (Å²) in [5.41, 5.74) is 0.134. The predicted molar refractivity (Wildman–Crippen MR) is 72.9 cm³/mol. The van der Waals surface area contributed by atoms with Crippen molar-refractivity contribution in [3.8, 4) is 12.3 Å². The van der Waals surface area contributed by atoms with Crippen molar-refractivity contribution in [1.82, 2.24) is 5.32 Å². The van der Waals surface area contributed by atoms with Crippen LogP contribution in [0.4, 0.5) is 0 Å². The molecule has 0 aliphatic carbocycles. The maximum absolute atomic E-state index is 11.9. The van der Waals surface area contributed by atoms with Crippen LogP contribution < -0.4 is 10.7 Å². The summed E-state index contributed by atoms with van der Waals surface area (Å²) in [4.78, 5) is 23.8. The van der Waals surface area contributed by atoms with Crippen LogP contribution in [-0.2, 0) is 0 Å². The zero-order chi connectivity index (χ0) is 13.8. The van der Waals surface area contributed by atoms with Crippen molar-refractivity contribution >= 4 is 16.9 Å². The van der Waals surface area contributed by atoms with Gasteiger partial charge in [-0.1, -0.05) is 25.0 Å². The van der Waals surface area contributed by atoms with Gasteiger partial charge >= 0.3 is 0 Å². The fraction of sp³-hybridized carbons (Fsp3) is 0.200. The summed E-state index contributed by atoms with van der Waals surface area (Å²) in [6.45, 7) is 1.86. The van der Waals surface area contributed by atoms with Gasteiger partial charge in [-0.3, -0.25) is 9.59 Å². The highest BCUT2D eigenvalue weighted by atomic mass is 16.3. The van der Waals surface area contributed by atoms with Gasteiger partial charge in [-0.25, -0.2) is 0 Å². The van der Waals surface area contributed by atoms with Crippen molar-refractivity contribution in [3.63, 3.8) is 0 Å². The number of amides is 1. The molecule has 0 spiro atoms. The van der Waals surface area contributed by atoms with Crippen molar-refractivity contribution < 1.29 is 9.21 Å².